The molecule has 0 aliphatic carbocycles. The molecule has 2 aromatic heterocycles. The highest BCUT2D eigenvalue weighted by atomic mass is 32.1. The molecule has 3 heterocycles. The van der Waals surface area contributed by atoms with Gasteiger partial charge in [-0.15, -0.1) is 0 Å². The van der Waals surface area contributed by atoms with E-state index >= 15 is 0 Å². The fraction of sp³-hybridized carbons (Fsp3) is 0.478. The zero-order chi connectivity index (χ0) is 23.5. The van der Waals surface area contributed by atoms with Crippen LogP contribution in [0.5, 0.6) is 5.75 Å². The minimum Gasteiger partial charge on any atom is -0.495 e. The molecular weight excluding hydrogens is 442 g/mol. The molecule has 10 heteroatoms. The van der Waals surface area contributed by atoms with E-state index < -0.39 is 11.6 Å². The van der Waals surface area contributed by atoms with Crippen LogP contribution in [0.25, 0.3) is 10.3 Å². The second kappa shape index (κ2) is 9.78. The molecule has 1 aliphatic rings. The molecule has 1 aromatic carbocycles. The standard InChI is InChI=1S/C23H29N5O4S/c1-4-10-27-21(30)19-20(25-22(33-19)26-11-6-5-7-12-26)28(23(27)31)14-18(29)24-16-13-15(2)8-9-17(16)32-3/h8-9,13H,4-7,10-12,14H2,1-3H3,(H,24,29). The van der Waals surface area contributed by atoms with E-state index in [0.717, 1.165) is 36.6 Å². The van der Waals surface area contributed by atoms with Crippen LogP contribution in [0.3, 0.4) is 0 Å². The zero-order valence-corrected chi connectivity index (χ0v) is 20.0. The van der Waals surface area contributed by atoms with E-state index in [9.17, 15) is 14.4 Å². The first kappa shape index (κ1) is 23.0. The molecule has 1 aliphatic heterocycles. The van der Waals surface area contributed by atoms with Gasteiger partial charge in [0, 0.05) is 19.6 Å². The van der Waals surface area contributed by atoms with Gasteiger partial charge < -0.3 is 15.0 Å². The van der Waals surface area contributed by atoms with Crippen molar-refractivity contribution in [2.24, 2.45) is 0 Å². The second-order valence-electron chi connectivity index (χ2n) is 8.27. The van der Waals surface area contributed by atoms with Crippen molar-refractivity contribution in [2.45, 2.75) is 52.6 Å². The molecule has 0 radical (unpaired) electrons. The van der Waals surface area contributed by atoms with E-state index in [-0.39, 0.29) is 24.3 Å². The summed E-state index contributed by atoms with van der Waals surface area (Å²) in [5.74, 6) is 0.139. The fourth-order valence-corrected chi connectivity index (χ4v) is 5.18. The van der Waals surface area contributed by atoms with Crippen LogP contribution in [-0.2, 0) is 17.9 Å². The summed E-state index contributed by atoms with van der Waals surface area (Å²) in [6.07, 6.45) is 3.95. The van der Waals surface area contributed by atoms with E-state index in [1.165, 1.54) is 34.0 Å². The highest BCUT2D eigenvalue weighted by Crippen LogP contribution is 2.29. The summed E-state index contributed by atoms with van der Waals surface area (Å²) in [5, 5.41) is 3.56. The zero-order valence-electron chi connectivity index (χ0n) is 19.2. The number of fused-ring (bicyclic) bond motifs is 1. The summed E-state index contributed by atoms with van der Waals surface area (Å²) < 4.78 is 8.27. The molecule has 0 spiro atoms. The largest absolute Gasteiger partial charge is 0.495 e. The molecule has 1 saturated heterocycles. The lowest BCUT2D eigenvalue weighted by Crippen LogP contribution is -2.41. The molecule has 0 atom stereocenters. The van der Waals surface area contributed by atoms with E-state index in [4.69, 9.17) is 4.74 Å². The molecule has 176 valence electrons. The number of aryl methyl sites for hydroxylation is 1. The van der Waals surface area contributed by atoms with Crippen LogP contribution in [0.2, 0.25) is 0 Å². The predicted octanol–water partition coefficient (Wildman–Crippen LogP) is 2.98. The Morgan fingerprint density at radius 3 is 2.64 bits per heavy atom. The summed E-state index contributed by atoms with van der Waals surface area (Å²) in [7, 11) is 1.53. The molecule has 4 rings (SSSR count). The SMILES string of the molecule is CCCn1c(=O)c2sc(N3CCCCC3)nc2n(CC(=O)Nc2cc(C)ccc2OC)c1=O. The van der Waals surface area contributed by atoms with Gasteiger partial charge in [-0.1, -0.05) is 24.3 Å². The predicted molar refractivity (Wildman–Crippen MR) is 131 cm³/mol. The van der Waals surface area contributed by atoms with Crippen LogP contribution in [-0.4, -0.2) is 40.2 Å². The number of nitrogens with one attached hydrogen (secondary N) is 1. The van der Waals surface area contributed by atoms with Crippen LogP contribution < -0.4 is 26.2 Å². The van der Waals surface area contributed by atoms with Crippen molar-refractivity contribution < 1.29 is 9.53 Å². The van der Waals surface area contributed by atoms with Gasteiger partial charge in [-0.3, -0.25) is 18.7 Å². The van der Waals surface area contributed by atoms with Crippen molar-refractivity contribution in [3.8, 4) is 5.75 Å². The third-order valence-electron chi connectivity index (χ3n) is 5.76. The van der Waals surface area contributed by atoms with Crippen LogP contribution in [0.1, 0.15) is 38.2 Å². The van der Waals surface area contributed by atoms with Gasteiger partial charge in [0.25, 0.3) is 5.56 Å². The number of piperidine rings is 1. The van der Waals surface area contributed by atoms with E-state index in [1.807, 2.05) is 26.0 Å². The number of hydrogen-bond donors (Lipinski definition) is 1. The van der Waals surface area contributed by atoms with Crippen molar-refractivity contribution in [3.05, 3.63) is 44.6 Å². The normalized spacial score (nSPS) is 14.0. The molecule has 0 unspecified atom stereocenters. The maximum atomic E-state index is 13.2. The molecule has 1 amide bonds. The van der Waals surface area contributed by atoms with Gasteiger partial charge >= 0.3 is 5.69 Å². The number of benzene rings is 1. The van der Waals surface area contributed by atoms with Gasteiger partial charge in [-0.25, -0.2) is 9.78 Å². The number of ether oxygens (including phenoxy) is 1. The number of methoxy groups -OCH3 is 1. The summed E-state index contributed by atoms with van der Waals surface area (Å²) in [6, 6.07) is 5.48. The minimum atomic E-state index is -0.517. The minimum absolute atomic E-state index is 0.250. The first-order valence-corrected chi connectivity index (χ1v) is 12.1. The number of carbonyl (C=O) groups excluding carboxylic acids is 1. The maximum absolute atomic E-state index is 13.2. The molecule has 1 N–H and O–H groups in total. The van der Waals surface area contributed by atoms with Crippen molar-refractivity contribution in [1.82, 2.24) is 14.1 Å². The van der Waals surface area contributed by atoms with Crippen molar-refractivity contribution in [3.63, 3.8) is 0 Å². The van der Waals surface area contributed by atoms with Gasteiger partial charge in [-0.05, 0) is 50.3 Å². The van der Waals surface area contributed by atoms with Gasteiger partial charge in [0.1, 0.15) is 17.0 Å². The highest BCUT2D eigenvalue weighted by molar-refractivity contribution is 7.22. The molecule has 1 fully saturated rings. The Morgan fingerprint density at radius 1 is 1.18 bits per heavy atom. The Balaban J connectivity index is 1.74. The Bertz CT molecular complexity index is 1290. The Morgan fingerprint density at radius 2 is 1.94 bits per heavy atom. The van der Waals surface area contributed by atoms with E-state index in [0.29, 0.717) is 22.6 Å². The first-order valence-electron chi connectivity index (χ1n) is 11.3. The van der Waals surface area contributed by atoms with E-state index in [2.05, 4.69) is 15.2 Å². The van der Waals surface area contributed by atoms with Gasteiger partial charge in [0.05, 0.1) is 12.8 Å². The van der Waals surface area contributed by atoms with Crippen molar-refractivity contribution >= 4 is 38.4 Å². The summed E-state index contributed by atoms with van der Waals surface area (Å²) in [5.41, 5.74) is 0.911. The maximum Gasteiger partial charge on any atom is 0.333 e. The number of thiazole rings is 1. The quantitative estimate of drug-likeness (QED) is 0.569. The van der Waals surface area contributed by atoms with Gasteiger partial charge in [-0.2, -0.15) is 0 Å². The number of hydrogen-bond acceptors (Lipinski definition) is 7. The number of carbonyl (C=O) groups is 1. The third kappa shape index (κ3) is 4.66. The van der Waals surface area contributed by atoms with Gasteiger partial charge in [0.15, 0.2) is 10.8 Å². The second-order valence-corrected chi connectivity index (χ2v) is 9.25. The fourth-order valence-electron chi connectivity index (χ4n) is 4.11. The number of rotatable bonds is 7. The topological polar surface area (TPSA) is 98.5 Å². The van der Waals surface area contributed by atoms with Crippen molar-refractivity contribution in [1.29, 1.82) is 0 Å². The smallest absolute Gasteiger partial charge is 0.333 e. The monoisotopic (exact) mass is 471 g/mol. The summed E-state index contributed by atoms with van der Waals surface area (Å²) in [6.45, 7) is 5.61. The lowest BCUT2D eigenvalue weighted by atomic mass is 10.1. The van der Waals surface area contributed by atoms with E-state index in [1.54, 1.807) is 6.07 Å². The average molecular weight is 472 g/mol. The number of amides is 1. The highest BCUT2D eigenvalue weighted by Gasteiger charge is 2.22. The van der Waals surface area contributed by atoms with Crippen molar-refractivity contribution in [2.75, 3.05) is 30.4 Å². The number of nitrogens with zero attached hydrogens (tertiary/aromatic N) is 4. The van der Waals surface area contributed by atoms with Crippen LogP contribution >= 0.6 is 11.3 Å². The lowest BCUT2D eigenvalue weighted by molar-refractivity contribution is -0.116. The third-order valence-corrected chi connectivity index (χ3v) is 6.85. The Hall–Kier alpha value is -3.14. The van der Waals surface area contributed by atoms with Crippen LogP contribution in [0, 0.1) is 6.92 Å². The molecule has 9 nitrogen and oxygen atoms in total. The first-order chi connectivity index (χ1) is 15.9. The Kier molecular flexibility index (Phi) is 6.83. The summed E-state index contributed by atoms with van der Waals surface area (Å²) >= 11 is 1.30. The number of anilines is 2. The Labute approximate surface area is 195 Å². The molecule has 33 heavy (non-hydrogen) atoms. The molecule has 3 aromatic rings. The average Bonchev–Trinajstić information content (AvgIpc) is 3.26. The van der Waals surface area contributed by atoms with Crippen LogP contribution in [0.15, 0.2) is 27.8 Å². The molecule has 0 bridgehead atoms. The molecule has 0 saturated carbocycles. The van der Waals surface area contributed by atoms with Crippen LogP contribution in [0.4, 0.5) is 10.8 Å². The summed E-state index contributed by atoms with van der Waals surface area (Å²) in [4.78, 5) is 46.1. The molecular formula is C23H29N5O4S. The number of aromatic nitrogens is 3. The van der Waals surface area contributed by atoms with Gasteiger partial charge in [0.2, 0.25) is 5.91 Å². The lowest BCUT2D eigenvalue weighted by Gasteiger charge is -2.25.